The minimum atomic E-state index is -0.512. The maximum atomic E-state index is 11.5. The molecule has 1 amide bonds. The summed E-state index contributed by atoms with van der Waals surface area (Å²) in [5.74, 6) is 0.0132. The zero-order chi connectivity index (χ0) is 11.1. The number of hydrogen-bond donors (Lipinski definition) is 1. The first-order valence-corrected chi connectivity index (χ1v) is 5.16. The molecular weight excluding hydrogens is 176 g/mol. The summed E-state index contributed by atoms with van der Waals surface area (Å²) in [6, 6.07) is 2.03. The van der Waals surface area contributed by atoms with Crippen LogP contribution in [0.1, 0.15) is 34.1 Å². The largest absolute Gasteiger partial charge is 0.355 e. The van der Waals surface area contributed by atoms with Crippen molar-refractivity contribution >= 4 is 5.91 Å². The van der Waals surface area contributed by atoms with Crippen molar-refractivity contribution in [3.8, 4) is 6.07 Å². The molecule has 0 bridgehead atoms. The van der Waals surface area contributed by atoms with Crippen LogP contribution in [0.3, 0.4) is 0 Å². The van der Waals surface area contributed by atoms with E-state index in [2.05, 4.69) is 19.2 Å². The van der Waals surface area contributed by atoms with Gasteiger partial charge in [-0.3, -0.25) is 4.79 Å². The van der Waals surface area contributed by atoms with Crippen molar-refractivity contribution in [2.75, 3.05) is 6.54 Å². The van der Waals surface area contributed by atoms with Gasteiger partial charge in [0.2, 0.25) is 5.91 Å². The summed E-state index contributed by atoms with van der Waals surface area (Å²) in [4.78, 5) is 11.5. The second-order valence-corrected chi connectivity index (χ2v) is 4.32. The molecule has 14 heavy (non-hydrogen) atoms. The van der Waals surface area contributed by atoms with Crippen LogP contribution >= 0.6 is 0 Å². The number of amides is 1. The van der Waals surface area contributed by atoms with Crippen LogP contribution in [0.25, 0.3) is 0 Å². The predicted octanol–water partition coefficient (Wildman–Crippen LogP) is 1.94. The quantitative estimate of drug-likeness (QED) is 0.730. The molecule has 0 fully saturated rings. The van der Waals surface area contributed by atoms with Crippen molar-refractivity contribution in [3.05, 3.63) is 0 Å². The van der Waals surface area contributed by atoms with Crippen molar-refractivity contribution < 1.29 is 4.79 Å². The van der Waals surface area contributed by atoms with Crippen LogP contribution < -0.4 is 5.32 Å². The standard InChI is InChI=1S/C11H20N2O/c1-8(2)5-6-13-11(14)10(7-12)9(3)4/h8-10H,5-6H2,1-4H3,(H,13,14). The van der Waals surface area contributed by atoms with E-state index in [1.54, 1.807) is 0 Å². The number of nitriles is 1. The molecule has 1 N–H and O–H groups in total. The maximum Gasteiger partial charge on any atom is 0.237 e. The molecule has 3 heteroatoms. The van der Waals surface area contributed by atoms with Gasteiger partial charge in [0.05, 0.1) is 6.07 Å². The molecule has 0 aromatic heterocycles. The fourth-order valence-electron chi connectivity index (χ4n) is 1.10. The van der Waals surface area contributed by atoms with Gasteiger partial charge in [-0.05, 0) is 18.3 Å². The van der Waals surface area contributed by atoms with Gasteiger partial charge in [-0.25, -0.2) is 0 Å². The van der Waals surface area contributed by atoms with E-state index >= 15 is 0 Å². The molecule has 0 aliphatic heterocycles. The first-order chi connectivity index (χ1) is 6.49. The highest BCUT2D eigenvalue weighted by Crippen LogP contribution is 2.09. The van der Waals surface area contributed by atoms with Crippen LogP contribution in [0.5, 0.6) is 0 Å². The zero-order valence-electron chi connectivity index (χ0n) is 9.50. The second-order valence-electron chi connectivity index (χ2n) is 4.32. The third-order valence-corrected chi connectivity index (χ3v) is 2.11. The number of carbonyl (C=O) groups is 1. The second kappa shape index (κ2) is 6.42. The van der Waals surface area contributed by atoms with Gasteiger partial charge in [-0.15, -0.1) is 0 Å². The first kappa shape index (κ1) is 13.0. The van der Waals surface area contributed by atoms with Gasteiger partial charge in [-0.1, -0.05) is 27.7 Å². The van der Waals surface area contributed by atoms with E-state index in [0.29, 0.717) is 12.5 Å². The monoisotopic (exact) mass is 196 g/mol. The Morgan fingerprint density at radius 2 is 1.93 bits per heavy atom. The fourth-order valence-corrected chi connectivity index (χ4v) is 1.10. The van der Waals surface area contributed by atoms with E-state index < -0.39 is 5.92 Å². The summed E-state index contributed by atoms with van der Waals surface area (Å²) in [7, 11) is 0. The summed E-state index contributed by atoms with van der Waals surface area (Å²) >= 11 is 0. The van der Waals surface area contributed by atoms with Crippen molar-refractivity contribution in [2.24, 2.45) is 17.8 Å². The van der Waals surface area contributed by atoms with E-state index in [0.717, 1.165) is 6.42 Å². The fraction of sp³-hybridized carbons (Fsp3) is 0.818. The Balaban J connectivity index is 3.89. The average Bonchev–Trinajstić information content (AvgIpc) is 2.03. The number of carbonyl (C=O) groups excluding carboxylic acids is 1. The van der Waals surface area contributed by atoms with E-state index in [1.807, 2.05) is 19.9 Å². The molecule has 0 radical (unpaired) electrons. The van der Waals surface area contributed by atoms with Gasteiger partial charge in [0.15, 0.2) is 0 Å². The average molecular weight is 196 g/mol. The SMILES string of the molecule is CC(C)CCNC(=O)C(C#N)C(C)C. The Morgan fingerprint density at radius 1 is 1.36 bits per heavy atom. The lowest BCUT2D eigenvalue weighted by Gasteiger charge is -2.13. The molecule has 0 aliphatic carbocycles. The van der Waals surface area contributed by atoms with E-state index in [4.69, 9.17) is 5.26 Å². The van der Waals surface area contributed by atoms with Crippen molar-refractivity contribution in [1.29, 1.82) is 5.26 Å². The molecule has 0 aliphatic rings. The molecule has 0 saturated heterocycles. The van der Waals surface area contributed by atoms with Gasteiger partial charge in [0.1, 0.15) is 5.92 Å². The molecule has 80 valence electrons. The Bertz CT molecular complexity index is 216. The first-order valence-electron chi connectivity index (χ1n) is 5.16. The molecule has 1 atom stereocenters. The number of nitrogens with zero attached hydrogens (tertiary/aromatic N) is 1. The molecular formula is C11H20N2O. The lowest BCUT2D eigenvalue weighted by Crippen LogP contribution is -2.33. The van der Waals surface area contributed by atoms with Crippen LogP contribution in [-0.4, -0.2) is 12.5 Å². The highest BCUT2D eigenvalue weighted by atomic mass is 16.1. The summed E-state index contributed by atoms with van der Waals surface area (Å²) in [5.41, 5.74) is 0. The Morgan fingerprint density at radius 3 is 2.29 bits per heavy atom. The Hall–Kier alpha value is -1.04. The summed E-state index contributed by atoms with van der Waals surface area (Å²) < 4.78 is 0. The van der Waals surface area contributed by atoms with Crippen LogP contribution in [-0.2, 0) is 4.79 Å². The Kier molecular flexibility index (Phi) is 5.94. The minimum absolute atomic E-state index is 0.0825. The molecule has 0 aromatic rings. The van der Waals surface area contributed by atoms with Crippen molar-refractivity contribution in [1.82, 2.24) is 5.32 Å². The molecule has 0 saturated carbocycles. The maximum absolute atomic E-state index is 11.5. The summed E-state index contributed by atoms with van der Waals surface area (Å²) in [5, 5.41) is 11.5. The normalized spacial score (nSPS) is 12.6. The molecule has 0 aromatic carbocycles. The smallest absolute Gasteiger partial charge is 0.237 e. The highest BCUT2D eigenvalue weighted by Gasteiger charge is 2.20. The third kappa shape index (κ3) is 4.86. The molecule has 0 spiro atoms. The number of hydrogen-bond acceptors (Lipinski definition) is 2. The van der Waals surface area contributed by atoms with Gasteiger partial charge in [0, 0.05) is 6.54 Å². The third-order valence-electron chi connectivity index (χ3n) is 2.11. The lowest BCUT2D eigenvalue weighted by molar-refractivity contribution is -0.124. The van der Waals surface area contributed by atoms with E-state index in [1.165, 1.54) is 0 Å². The number of nitrogens with one attached hydrogen (secondary N) is 1. The van der Waals surface area contributed by atoms with Crippen LogP contribution in [0.15, 0.2) is 0 Å². The molecule has 0 heterocycles. The highest BCUT2D eigenvalue weighted by molar-refractivity contribution is 5.81. The lowest BCUT2D eigenvalue weighted by atomic mass is 9.96. The van der Waals surface area contributed by atoms with E-state index in [9.17, 15) is 4.79 Å². The zero-order valence-corrected chi connectivity index (χ0v) is 9.50. The van der Waals surface area contributed by atoms with Gasteiger partial charge in [0.25, 0.3) is 0 Å². The van der Waals surface area contributed by atoms with Crippen molar-refractivity contribution in [3.63, 3.8) is 0 Å². The van der Waals surface area contributed by atoms with Gasteiger partial charge < -0.3 is 5.32 Å². The van der Waals surface area contributed by atoms with Crippen molar-refractivity contribution in [2.45, 2.75) is 34.1 Å². The van der Waals surface area contributed by atoms with Gasteiger partial charge in [-0.2, -0.15) is 5.26 Å². The topological polar surface area (TPSA) is 52.9 Å². The summed E-state index contributed by atoms with van der Waals surface area (Å²) in [6.45, 7) is 8.65. The molecule has 0 rings (SSSR count). The van der Waals surface area contributed by atoms with Crippen LogP contribution in [0.2, 0.25) is 0 Å². The molecule has 1 unspecified atom stereocenters. The predicted molar refractivity (Wildman–Crippen MR) is 56.4 cm³/mol. The van der Waals surface area contributed by atoms with Crippen LogP contribution in [0, 0.1) is 29.1 Å². The Labute approximate surface area is 86.5 Å². The molecule has 3 nitrogen and oxygen atoms in total. The van der Waals surface area contributed by atoms with Gasteiger partial charge >= 0.3 is 0 Å². The van der Waals surface area contributed by atoms with E-state index in [-0.39, 0.29) is 11.8 Å². The summed E-state index contributed by atoms with van der Waals surface area (Å²) in [6.07, 6.45) is 0.960. The minimum Gasteiger partial charge on any atom is -0.355 e. The van der Waals surface area contributed by atoms with Crippen LogP contribution in [0.4, 0.5) is 0 Å². The number of rotatable bonds is 5.